The number of benzene rings is 1. The molecule has 2 atom stereocenters. The number of hydrogen-bond donors (Lipinski definition) is 1. The molecule has 1 aromatic rings. The van der Waals surface area contributed by atoms with E-state index >= 15 is 0 Å². The molecule has 2 rings (SSSR count). The maximum Gasteiger partial charge on any atom is 0.124 e. The molecule has 2 unspecified atom stereocenters. The van der Waals surface area contributed by atoms with Crippen LogP contribution in [0, 0.1) is 5.92 Å². The molecular formula is C15H23NO2. The minimum Gasteiger partial charge on any atom is -0.494 e. The molecule has 1 fully saturated rings. The molecule has 3 nitrogen and oxygen atoms in total. The number of nitrogens with one attached hydrogen (secondary N) is 1. The SMILES string of the molecule is CCOc1ccccc1C(NC)C1CCCOC1. The summed E-state index contributed by atoms with van der Waals surface area (Å²) in [5.74, 6) is 1.52. The minimum absolute atomic E-state index is 0.313. The molecule has 1 saturated heterocycles. The Morgan fingerprint density at radius 2 is 2.28 bits per heavy atom. The van der Waals surface area contributed by atoms with Crippen molar-refractivity contribution in [3.8, 4) is 5.75 Å². The third-order valence-electron chi connectivity index (χ3n) is 3.53. The second-order valence-electron chi connectivity index (χ2n) is 4.71. The molecule has 0 bridgehead atoms. The Morgan fingerprint density at radius 3 is 2.94 bits per heavy atom. The van der Waals surface area contributed by atoms with Crippen molar-refractivity contribution in [1.29, 1.82) is 0 Å². The van der Waals surface area contributed by atoms with E-state index in [9.17, 15) is 0 Å². The van der Waals surface area contributed by atoms with Gasteiger partial charge in [-0.05, 0) is 32.9 Å². The highest BCUT2D eigenvalue weighted by molar-refractivity contribution is 5.36. The summed E-state index contributed by atoms with van der Waals surface area (Å²) in [5.41, 5.74) is 1.25. The highest BCUT2D eigenvalue weighted by Crippen LogP contribution is 2.33. The summed E-state index contributed by atoms with van der Waals surface area (Å²) in [6.07, 6.45) is 2.37. The fraction of sp³-hybridized carbons (Fsp3) is 0.600. The average molecular weight is 249 g/mol. The average Bonchev–Trinajstić information content (AvgIpc) is 2.43. The summed E-state index contributed by atoms with van der Waals surface area (Å²) in [7, 11) is 2.02. The topological polar surface area (TPSA) is 30.5 Å². The van der Waals surface area contributed by atoms with Crippen molar-refractivity contribution >= 4 is 0 Å². The fourth-order valence-corrected chi connectivity index (χ4v) is 2.70. The van der Waals surface area contributed by atoms with Crippen LogP contribution in [0.4, 0.5) is 0 Å². The van der Waals surface area contributed by atoms with Crippen LogP contribution in [0.5, 0.6) is 5.75 Å². The van der Waals surface area contributed by atoms with Gasteiger partial charge >= 0.3 is 0 Å². The van der Waals surface area contributed by atoms with Crippen LogP contribution in [-0.4, -0.2) is 26.9 Å². The monoisotopic (exact) mass is 249 g/mol. The smallest absolute Gasteiger partial charge is 0.124 e. The van der Waals surface area contributed by atoms with Gasteiger partial charge in [-0.25, -0.2) is 0 Å². The predicted octanol–water partition coefficient (Wildman–Crippen LogP) is 2.77. The molecule has 18 heavy (non-hydrogen) atoms. The van der Waals surface area contributed by atoms with Crippen LogP contribution < -0.4 is 10.1 Å². The molecule has 1 aliphatic heterocycles. The van der Waals surface area contributed by atoms with E-state index < -0.39 is 0 Å². The number of para-hydroxylation sites is 1. The molecule has 100 valence electrons. The van der Waals surface area contributed by atoms with Gasteiger partial charge < -0.3 is 14.8 Å². The first-order valence-corrected chi connectivity index (χ1v) is 6.83. The van der Waals surface area contributed by atoms with E-state index in [2.05, 4.69) is 17.4 Å². The van der Waals surface area contributed by atoms with Gasteiger partial charge in [-0.2, -0.15) is 0 Å². The molecule has 1 aromatic carbocycles. The normalized spacial score (nSPS) is 21.6. The van der Waals surface area contributed by atoms with Crippen molar-refractivity contribution in [2.24, 2.45) is 5.92 Å². The molecule has 1 aliphatic rings. The highest BCUT2D eigenvalue weighted by atomic mass is 16.5. The molecule has 1 N–H and O–H groups in total. The van der Waals surface area contributed by atoms with Crippen molar-refractivity contribution in [3.63, 3.8) is 0 Å². The van der Waals surface area contributed by atoms with Crippen LogP contribution in [0.1, 0.15) is 31.4 Å². The maximum atomic E-state index is 5.73. The zero-order chi connectivity index (χ0) is 12.8. The third kappa shape index (κ3) is 3.03. The standard InChI is InChI=1S/C15H23NO2/c1-3-18-14-9-5-4-8-13(14)15(16-2)12-7-6-10-17-11-12/h4-5,8-9,12,15-16H,3,6-7,10-11H2,1-2H3. The van der Waals surface area contributed by atoms with Crippen molar-refractivity contribution < 1.29 is 9.47 Å². The first-order chi connectivity index (χ1) is 8.86. The molecule has 1 heterocycles. The van der Waals surface area contributed by atoms with Crippen LogP contribution in [-0.2, 0) is 4.74 Å². The first kappa shape index (κ1) is 13.4. The van der Waals surface area contributed by atoms with Crippen LogP contribution in [0.15, 0.2) is 24.3 Å². The van der Waals surface area contributed by atoms with E-state index in [1.807, 2.05) is 26.1 Å². The molecule has 0 aromatic heterocycles. The molecule has 0 spiro atoms. The van der Waals surface area contributed by atoms with Crippen molar-refractivity contribution in [2.45, 2.75) is 25.8 Å². The Morgan fingerprint density at radius 1 is 1.44 bits per heavy atom. The van der Waals surface area contributed by atoms with Gasteiger partial charge in [0.15, 0.2) is 0 Å². The molecule has 0 saturated carbocycles. The Hall–Kier alpha value is -1.06. The Labute approximate surface area is 109 Å². The van der Waals surface area contributed by atoms with Crippen molar-refractivity contribution in [2.75, 3.05) is 26.9 Å². The summed E-state index contributed by atoms with van der Waals surface area (Å²) in [5, 5.41) is 3.43. The zero-order valence-electron chi connectivity index (χ0n) is 11.3. The molecule has 0 radical (unpaired) electrons. The number of hydrogen-bond acceptors (Lipinski definition) is 3. The van der Waals surface area contributed by atoms with Gasteiger partial charge in [0.2, 0.25) is 0 Å². The van der Waals surface area contributed by atoms with Crippen molar-refractivity contribution in [3.05, 3.63) is 29.8 Å². The van der Waals surface area contributed by atoms with E-state index in [0.29, 0.717) is 18.6 Å². The van der Waals surface area contributed by atoms with Crippen LogP contribution in [0.25, 0.3) is 0 Å². The highest BCUT2D eigenvalue weighted by Gasteiger charge is 2.26. The number of rotatable bonds is 5. The van der Waals surface area contributed by atoms with Gasteiger partial charge in [0.25, 0.3) is 0 Å². The van der Waals surface area contributed by atoms with E-state index in [-0.39, 0.29) is 0 Å². The lowest BCUT2D eigenvalue weighted by Gasteiger charge is -2.31. The van der Waals surface area contributed by atoms with Gasteiger partial charge in [0, 0.05) is 24.1 Å². The summed E-state index contributed by atoms with van der Waals surface area (Å²) in [6, 6.07) is 8.62. The van der Waals surface area contributed by atoms with E-state index in [4.69, 9.17) is 9.47 Å². The van der Waals surface area contributed by atoms with Crippen LogP contribution >= 0.6 is 0 Å². The Kier molecular flexibility index (Phi) is 5.02. The summed E-state index contributed by atoms with van der Waals surface area (Å²) >= 11 is 0. The summed E-state index contributed by atoms with van der Waals surface area (Å²) in [4.78, 5) is 0. The third-order valence-corrected chi connectivity index (χ3v) is 3.53. The summed E-state index contributed by atoms with van der Waals surface area (Å²) < 4.78 is 11.3. The maximum absolute atomic E-state index is 5.73. The lowest BCUT2D eigenvalue weighted by Crippen LogP contribution is -2.31. The molecule has 3 heteroatoms. The quantitative estimate of drug-likeness (QED) is 0.870. The largest absolute Gasteiger partial charge is 0.494 e. The molecule has 0 aliphatic carbocycles. The fourth-order valence-electron chi connectivity index (χ4n) is 2.70. The van der Waals surface area contributed by atoms with E-state index in [1.54, 1.807) is 0 Å². The lowest BCUT2D eigenvalue weighted by molar-refractivity contribution is 0.0398. The second-order valence-corrected chi connectivity index (χ2v) is 4.71. The molecular weight excluding hydrogens is 226 g/mol. The lowest BCUT2D eigenvalue weighted by atomic mass is 9.88. The van der Waals surface area contributed by atoms with Gasteiger partial charge in [-0.3, -0.25) is 0 Å². The van der Waals surface area contributed by atoms with Gasteiger partial charge in [0.1, 0.15) is 5.75 Å². The van der Waals surface area contributed by atoms with E-state index in [0.717, 1.165) is 25.4 Å². The Bertz CT molecular complexity index is 361. The minimum atomic E-state index is 0.313. The first-order valence-electron chi connectivity index (χ1n) is 6.83. The van der Waals surface area contributed by atoms with Crippen molar-refractivity contribution in [1.82, 2.24) is 5.32 Å². The Balaban J connectivity index is 2.20. The summed E-state index contributed by atoms with van der Waals surface area (Å²) in [6.45, 7) is 4.47. The van der Waals surface area contributed by atoms with Crippen LogP contribution in [0.2, 0.25) is 0 Å². The van der Waals surface area contributed by atoms with Gasteiger partial charge in [-0.15, -0.1) is 0 Å². The van der Waals surface area contributed by atoms with Crippen LogP contribution in [0.3, 0.4) is 0 Å². The number of ether oxygens (including phenoxy) is 2. The van der Waals surface area contributed by atoms with Gasteiger partial charge in [0.05, 0.1) is 13.2 Å². The van der Waals surface area contributed by atoms with Gasteiger partial charge in [-0.1, -0.05) is 18.2 Å². The second kappa shape index (κ2) is 6.76. The zero-order valence-corrected chi connectivity index (χ0v) is 11.3. The van der Waals surface area contributed by atoms with E-state index in [1.165, 1.54) is 12.0 Å². The molecule has 0 amide bonds. The predicted molar refractivity (Wildman–Crippen MR) is 73.0 cm³/mol.